The molecule has 0 bridgehead atoms. The van der Waals surface area contributed by atoms with Crippen LogP contribution in [-0.2, 0) is 17.1 Å². The fourth-order valence-electron chi connectivity index (χ4n) is 0. The number of carboxylic acid groups (broad SMARTS) is 2. The number of carbonyl (C=O) groups is 1. The van der Waals surface area contributed by atoms with Crippen molar-refractivity contribution in [1.82, 2.24) is 0 Å². The zero-order valence-electron chi connectivity index (χ0n) is 4.49. The maximum absolute atomic E-state index is 8.56. The van der Waals surface area contributed by atoms with Crippen LogP contribution >= 0.6 is 0 Å². The van der Waals surface area contributed by atoms with Crippen LogP contribution in [0.4, 0.5) is 4.79 Å². The Morgan fingerprint density at radius 3 is 1.22 bits per heavy atom. The van der Waals surface area contributed by atoms with Crippen molar-refractivity contribution < 1.29 is 42.3 Å². The van der Waals surface area contributed by atoms with Crippen LogP contribution in [-0.4, -0.2) is 39.8 Å². The minimum atomic E-state index is -1.83. The van der Waals surface area contributed by atoms with E-state index < -0.39 is 6.16 Å². The van der Waals surface area contributed by atoms with E-state index in [0.717, 1.165) is 0 Å². The van der Waals surface area contributed by atoms with E-state index in [-0.39, 0.29) is 30.3 Å². The van der Waals surface area contributed by atoms with Gasteiger partial charge in [0.25, 0.3) is 0 Å². The second kappa shape index (κ2) is 15.6. The molecule has 57 valence electrons. The van der Waals surface area contributed by atoms with Gasteiger partial charge in [-0.1, -0.05) is 0 Å². The molecule has 0 aliphatic rings. The van der Waals surface area contributed by atoms with E-state index in [2.05, 4.69) is 0 Å². The van der Waals surface area contributed by atoms with E-state index in [4.69, 9.17) is 25.2 Å². The van der Waals surface area contributed by atoms with Crippen LogP contribution in [0.3, 0.4) is 0 Å². The van der Waals surface area contributed by atoms with Crippen molar-refractivity contribution in [2.45, 2.75) is 0 Å². The molecule has 0 unspecified atom stereocenters. The van der Waals surface area contributed by atoms with Crippen molar-refractivity contribution in [3.8, 4) is 0 Å². The van der Waals surface area contributed by atoms with Crippen molar-refractivity contribution in [3.05, 3.63) is 0 Å². The minimum absolute atomic E-state index is 0. The van der Waals surface area contributed by atoms with Gasteiger partial charge in [0.2, 0.25) is 0 Å². The van der Waals surface area contributed by atoms with Gasteiger partial charge in [-0.15, -0.1) is 0 Å². The summed E-state index contributed by atoms with van der Waals surface area (Å²) in [6.07, 6.45) is -1.83. The van der Waals surface area contributed by atoms with Gasteiger partial charge in [-0.2, -0.15) is 0 Å². The summed E-state index contributed by atoms with van der Waals surface area (Å²) in [7, 11) is 0. The molecule has 6 heteroatoms. The summed E-state index contributed by atoms with van der Waals surface area (Å²) in [6.45, 7) is -0.250. The fraction of sp³-hybridized carbons (Fsp3) is 0.667. The largest absolute Gasteiger partial charge is 0.503 e. The monoisotopic (exact) mass is 179 g/mol. The molecular weight excluding hydrogens is 171 g/mol. The zero-order valence-corrected chi connectivity index (χ0v) is 5.67. The molecule has 0 fully saturated rings. The maximum atomic E-state index is 8.56. The molecular formula is C3H8MnO5. The SMILES string of the molecule is O=C(O)O.OCCO.[Mn]. The summed E-state index contributed by atoms with van der Waals surface area (Å²) < 4.78 is 0. The van der Waals surface area contributed by atoms with E-state index in [1.165, 1.54) is 0 Å². The molecule has 0 aromatic heterocycles. The van der Waals surface area contributed by atoms with E-state index in [0.29, 0.717) is 0 Å². The molecule has 0 atom stereocenters. The second-order valence-electron chi connectivity index (χ2n) is 0.730. The molecule has 0 heterocycles. The molecule has 0 saturated carbocycles. The second-order valence-corrected chi connectivity index (χ2v) is 0.730. The zero-order chi connectivity index (χ0) is 6.99. The van der Waals surface area contributed by atoms with E-state index in [9.17, 15) is 0 Å². The molecule has 5 nitrogen and oxygen atoms in total. The number of hydrogen-bond acceptors (Lipinski definition) is 3. The van der Waals surface area contributed by atoms with Crippen molar-refractivity contribution in [1.29, 1.82) is 0 Å². The van der Waals surface area contributed by atoms with Crippen molar-refractivity contribution in [2.75, 3.05) is 13.2 Å². The topological polar surface area (TPSA) is 98.0 Å². The van der Waals surface area contributed by atoms with Crippen LogP contribution < -0.4 is 0 Å². The van der Waals surface area contributed by atoms with E-state index in [1.54, 1.807) is 0 Å². The Balaban J connectivity index is -0.0000000720. The predicted octanol–water partition coefficient (Wildman–Crippen LogP) is -0.809. The molecule has 0 aromatic carbocycles. The molecule has 9 heavy (non-hydrogen) atoms. The van der Waals surface area contributed by atoms with Crippen LogP contribution in [0.25, 0.3) is 0 Å². The van der Waals surface area contributed by atoms with Gasteiger partial charge in [0.05, 0.1) is 13.2 Å². The third-order valence-corrected chi connectivity index (χ3v) is 0.1000. The quantitative estimate of drug-likeness (QED) is 0.394. The molecule has 0 spiro atoms. The molecule has 0 aliphatic carbocycles. The summed E-state index contributed by atoms with van der Waals surface area (Å²) in [5.74, 6) is 0. The van der Waals surface area contributed by atoms with Crippen LogP contribution in [0.15, 0.2) is 0 Å². The van der Waals surface area contributed by atoms with Crippen molar-refractivity contribution in [2.24, 2.45) is 0 Å². The molecule has 0 aliphatic heterocycles. The summed E-state index contributed by atoms with van der Waals surface area (Å²) in [5.41, 5.74) is 0. The Morgan fingerprint density at radius 2 is 1.22 bits per heavy atom. The Labute approximate surface area is 62.4 Å². The summed E-state index contributed by atoms with van der Waals surface area (Å²) in [5, 5.41) is 29.2. The fourth-order valence-corrected chi connectivity index (χ4v) is 0. The Morgan fingerprint density at radius 1 is 1.11 bits per heavy atom. The van der Waals surface area contributed by atoms with E-state index in [1.807, 2.05) is 0 Å². The van der Waals surface area contributed by atoms with Crippen molar-refractivity contribution in [3.63, 3.8) is 0 Å². The van der Waals surface area contributed by atoms with Crippen LogP contribution in [0, 0.1) is 0 Å². The van der Waals surface area contributed by atoms with Crippen molar-refractivity contribution >= 4 is 6.16 Å². The van der Waals surface area contributed by atoms with Crippen LogP contribution in [0.2, 0.25) is 0 Å². The van der Waals surface area contributed by atoms with Gasteiger partial charge in [0.1, 0.15) is 0 Å². The number of hydrogen-bond donors (Lipinski definition) is 4. The predicted molar refractivity (Wildman–Crippen MR) is 24.8 cm³/mol. The summed E-state index contributed by atoms with van der Waals surface area (Å²) in [6, 6.07) is 0. The number of aliphatic hydroxyl groups is 2. The summed E-state index contributed by atoms with van der Waals surface area (Å²) >= 11 is 0. The van der Waals surface area contributed by atoms with Gasteiger partial charge in [0.15, 0.2) is 0 Å². The normalized spacial score (nSPS) is 6.00. The molecule has 1 radical (unpaired) electrons. The first kappa shape index (κ1) is 15.9. The van der Waals surface area contributed by atoms with Gasteiger partial charge in [0, 0.05) is 17.1 Å². The third-order valence-electron chi connectivity index (χ3n) is 0.1000. The van der Waals surface area contributed by atoms with E-state index >= 15 is 0 Å². The molecule has 0 aromatic rings. The molecule has 0 amide bonds. The Kier molecular flexibility index (Phi) is 27.6. The average Bonchev–Trinajstić information content (AvgIpc) is 1.65. The van der Waals surface area contributed by atoms with Gasteiger partial charge in [-0.05, 0) is 0 Å². The van der Waals surface area contributed by atoms with Gasteiger partial charge >= 0.3 is 6.16 Å². The standard InChI is InChI=1S/C2H6O2.CH2O3.Mn/c3-1-2-4;2-1(3)4;/h3-4H,1-2H2;(H2,2,3,4);. The number of aliphatic hydroxyl groups excluding tert-OH is 2. The number of rotatable bonds is 1. The smallest absolute Gasteiger partial charge is 0.450 e. The van der Waals surface area contributed by atoms with Gasteiger partial charge in [-0.25, -0.2) is 4.79 Å². The molecule has 4 N–H and O–H groups in total. The maximum Gasteiger partial charge on any atom is 0.503 e. The van der Waals surface area contributed by atoms with Gasteiger partial charge in [-0.3, -0.25) is 0 Å². The van der Waals surface area contributed by atoms with Crippen LogP contribution in [0.5, 0.6) is 0 Å². The van der Waals surface area contributed by atoms with Gasteiger partial charge < -0.3 is 20.4 Å². The first-order valence-corrected chi connectivity index (χ1v) is 1.78. The third kappa shape index (κ3) is 499. The minimum Gasteiger partial charge on any atom is -0.450 e. The average molecular weight is 179 g/mol. The molecule has 0 saturated heterocycles. The summed E-state index contributed by atoms with van der Waals surface area (Å²) in [4.78, 5) is 8.56. The Hall–Kier alpha value is -0.291. The first-order valence-electron chi connectivity index (χ1n) is 1.78. The van der Waals surface area contributed by atoms with Crippen LogP contribution in [0.1, 0.15) is 0 Å². The first-order chi connectivity index (χ1) is 3.65. The Bertz CT molecular complexity index is 50.2. The molecule has 0 rings (SSSR count).